The number of hydrogen-bond donors (Lipinski definition) is 0. The van der Waals surface area contributed by atoms with Gasteiger partial charge in [0, 0.05) is 25.9 Å². The van der Waals surface area contributed by atoms with Gasteiger partial charge >= 0.3 is 0 Å². The first-order valence-corrected chi connectivity index (χ1v) is 6.92. The molecule has 1 atom stereocenters. The molecule has 17 heavy (non-hydrogen) atoms. The third kappa shape index (κ3) is 5.21. The fourth-order valence-corrected chi connectivity index (χ4v) is 2.53. The smallest absolute Gasteiger partial charge is 0.222 e. The standard InChI is InChI=1S/C14H24N2O/c1-2-6-13-7-8-14(17)16(12-9-13)11-5-3-4-10-15/h13H,2-9,11-12H2,1H3. The maximum atomic E-state index is 11.9. The van der Waals surface area contributed by atoms with Gasteiger partial charge in [-0.3, -0.25) is 4.79 Å². The van der Waals surface area contributed by atoms with E-state index in [0.29, 0.717) is 12.3 Å². The number of rotatable bonds is 6. The molecule has 0 aromatic carbocycles. The first-order valence-electron chi connectivity index (χ1n) is 6.92. The van der Waals surface area contributed by atoms with Crippen LogP contribution in [0.2, 0.25) is 0 Å². The molecule has 0 N–H and O–H groups in total. The summed E-state index contributed by atoms with van der Waals surface area (Å²) in [5, 5.41) is 8.46. The highest BCUT2D eigenvalue weighted by Gasteiger charge is 2.21. The first kappa shape index (κ1) is 14.0. The van der Waals surface area contributed by atoms with Gasteiger partial charge in [-0.2, -0.15) is 5.26 Å². The summed E-state index contributed by atoms with van der Waals surface area (Å²) >= 11 is 0. The summed E-state index contributed by atoms with van der Waals surface area (Å²) in [5.41, 5.74) is 0. The lowest BCUT2D eigenvalue weighted by Crippen LogP contribution is -2.31. The number of nitrogens with zero attached hydrogens (tertiary/aromatic N) is 2. The highest BCUT2D eigenvalue weighted by Crippen LogP contribution is 2.22. The number of likely N-dealkylation sites (tertiary alicyclic amines) is 1. The van der Waals surface area contributed by atoms with Crippen LogP contribution in [0.3, 0.4) is 0 Å². The third-order valence-electron chi connectivity index (χ3n) is 3.59. The van der Waals surface area contributed by atoms with E-state index in [-0.39, 0.29) is 0 Å². The topological polar surface area (TPSA) is 44.1 Å². The number of nitriles is 1. The minimum atomic E-state index is 0.320. The van der Waals surface area contributed by atoms with E-state index in [1.54, 1.807) is 0 Å². The Morgan fingerprint density at radius 2 is 2.24 bits per heavy atom. The monoisotopic (exact) mass is 236 g/mol. The lowest BCUT2D eigenvalue weighted by molar-refractivity contribution is -0.130. The van der Waals surface area contributed by atoms with Crippen molar-refractivity contribution >= 4 is 5.91 Å². The molecular formula is C14H24N2O. The molecule has 0 aromatic rings. The molecule has 0 bridgehead atoms. The highest BCUT2D eigenvalue weighted by atomic mass is 16.2. The van der Waals surface area contributed by atoms with Crippen LogP contribution in [-0.4, -0.2) is 23.9 Å². The lowest BCUT2D eigenvalue weighted by atomic mass is 9.96. The quantitative estimate of drug-likeness (QED) is 0.665. The predicted octanol–water partition coefficient (Wildman–Crippen LogP) is 3.11. The lowest BCUT2D eigenvalue weighted by Gasteiger charge is -2.20. The van der Waals surface area contributed by atoms with Crippen LogP contribution >= 0.6 is 0 Å². The Morgan fingerprint density at radius 3 is 2.94 bits per heavy atom. The normalized spacial score (nSPS) is 21.1. The van der Waals surface area contributed by atoms with Crippen LogP contribution < -0.4 is 0 Å². The zero-order valence-electron chi connectivity index (χ0n) is 11.0. The molecule has 0 radical (unpaired) electrons. The summed E-state index contributed by atoms with van der Waals surface area (Å²) in [5.74, 6) is 1.06. The summed E-state index contributed by atoms with van der Waals surface area (Å²) in [6.07, 6.45) is 7.94. The number of hydrogen-bond acceptors (Lipinski definition) is 2. The average Bonchev–Trinajstić information content (AvgIpc) is 2.50. The molecule has 1 unspecified atom stereocenters. The van der Waals surface area contributed by atoms with Crippen molar-refractivity contribution in [2.24, 2.45) is 5.92 Å². The Bertz CT molecular complexity index is 270. The molecule has 1 heterocycles. The van der Waals surface area contributed by atoms with Gasteiger partial charge in [0.2, 0.25) is 5.91 Å². The van der Waals surface area contributed by atoms with Crippen LogP contribution in [0.25, 0.3) is 0 Å². The molecule has 0 spiro atoms. The predicted molar refractivity (Wildman–Crippen MR) is 68.3 cm³/mol. The van der Waals surface area contributed by atoms with Crippen LogP contribution in [0.15, 0.2) is 0 Å². The minimum absolute atomic E-state index is 0.320. The van der Waals surface area contributed by atoms with Gasteiger partial charge in [-0.05, 0) is 31.6 Å². The van der Waals surface area contributed by atoms with E-state index in [0.717, 1.165) is 51.1 Å². The van der Waals surface area contributed by atoms with Gasteiger partial charge in [0.25, 0.3) is 0 Å². The fraction of sp³-hybridized carbons (Fsp3) is 0.857. The van der Waals surface area contributed by atoms with E-state index in [2.05, 4.69) is 13.0 Å². The SMILES string of the molecule is CCCC1CCC(=O)N(CCCCC#N)CC1. The van der Waals surface area contributed by atoms with Gasteiger partial charge < -0.3 is 4.90 Å². The van der Waals surface area contributed by atoms with Crippen molar-refractivity contribution in [2.45, 2.75) is 58.3 Å². The van der Waals surface area contributed by atoms with E-state index in [9.17, 15) is 4.79 Å². The van der Waals surface area contributed by atoms with Gasteiger partial charge in [0.05, 0.1) is 6.07 Å². The zero-order valence-corrected chi connectivity index (χ0v) is 11.0. The number of carbonyl (C=O) groups excluding carboxylic acids is 1. The fourth-order valence-electron chi connectivity index (χ4n) is 2.53. The van der Waals surface area contributed by atoms with Crippen molar-refractivity contribution in [2.75, 3.05) is 13.1 Å². The summed E-state index contributed by atoms with van der Waals surface area (Å²) in [6.45, 7) is 3.99. The molecule has 0 saturated carbocycles. The molecule has 96 valence electrons. The Balaban J connectivity index is 2.29. The van der Waals surface area contributed by atoms with Crippen molar-refractivity contribution < 1.29 is 4.79 Å². The minimum Gasteiger partial charge on any atom is -0.343 e. The zero-order chi connectivity index (χ0) is 12.5. The van der Waals surface area contributed by atoms with Gasteiger partial charge in [0.1, 0.15) is 0 Å². The van der Waals surface area contributed by atoms with Crippen molar-refractivity contribution in [1.29, 1.82) is 5.26 Å². The largest absolute Gasteiger partial charge is 0.343 e. The molecule has 3 heteroatoms. The van der Waals surface area contributed by atoms with Crippen molar-refractivity contribution in [3.63, 3.8) is 0 Å². The molecule has 1 amide bonds. The molecule has 0 aliphatic carbocycles. The van der Waals surface area contributed by atoms with E-state index in [4.69, 9.17) is 5.26 Å². The molecular weight excluding hydrogens is 212 g/mol. The van der Waals surface area contributed by atoms with Crippen LogP contribution in [0.5, 0.6) is 0 Å². The van der Waals surface area contributed by atoms with Crippen LogP contribution in [-0.2, 0) is 4.79 Å². The molecule has 1 aliphatic heterocycles. The van der Waals surface area contributed by atoms with E-state index >= 15 is 0 Å². The van der Waals surface area contributed by atoms with Gasteiger partial charge in [-0.25, -0.2) is 0 Å². The Hall–Kier alpha value is -1.04. The third-order valence-corrected chi connectivity index (χ3v) is 3.59. The van der Waals surface area contributed by atoms with Crippen molar-refractivity contribution in [1.82, 2.24) is 4.90 Å². The van der Waals surface area contributed by atoms with Crippen LogP contribution in [0, 0.1) is 17.2 Å². The molecule has 1 fully saturated rings. The number of amides is 1. The molecule has 1 rings (SSSR count). The second-order valence-corrected chi connectivity index (χ2v) is 4.98. The molecule has 3 nitrogen and oxygen atoms in total. The Labute approximate surface area is 105 Å². The summed E-state index contributed by atoms with van der Waals surface area (Å²) < 4.78 is 0. The van der Waals surface area contributed by atoms with E-state index < -0.39 is 0 Å². The van der Waals surface area contributed by atoms with Gasteiger partial charge in [-0.15, -0.1) is 0 Å². The van der Waals surface area contributed by atoms with Gasteiger partial charge in [-0.1, -0.05) is 19.8 Å². The Morgan fingerprint density at radius 1 is 1.41 bits per heavy atom. The van der Waals surface area contributed by atoms with Crippen molar-refractivity contribution in [3.05, 3.63) is 0 Å². The maximum absolute atomic E-state index is 11.9. The van der Waals surface area contributed by atoms with Crippen molar-refractivity contribution in [3.8, 4) is 6.07 Å². The highest BCUT2D eigenvalue weighted by molar-refractivity contribution is 5.76. The number of carbonyl (C=O) groups is 1. The van der Waals surface area contributed by atoms with E-state index in [1.807, 2.05) is 4.90 Å². The average molecular weight is 236 g/mol. The second-order valence-electron chi connectivity index (χ2n) is 4.98. The Kier molecular flexibility index (Phi) is 6.69. The van der Waals surface area contributed by atoms with Crippen LogP contribution in [0.4, 0.5) is 0 Å². The van der Waals surface area contributed by atoms with Gasteiger partial charge in [0.15, 0.2) is 0 Å². The van der Waals surface area contributed by atoms with Crippen LogP contribution in [0.1, 0.15) is 58.3 Å². The second kappa shape index (κ2) is 8.11. The maximum Gasteiger partial charge on any atom is 0.222 e. The number of unbranched alkanes of at least 4 members (excludes halogenated alkanes) is 2. The molecule has 0 aromatic heterocycles. The summed E-state index contributed by atoms with van der Waals surface area (Å²) in [4.78, 5) is 13.9. The molecule has 1 aliphatic rings. The molecule has 1 saturated heterocycles. The van der Waals surface area contributed by atoms with E-state index in [1.165, 1.54) is 12.8 Å². The summed E-state index contributed by atoms with van der Waals surface area (Å²) in [6, 6.07) is 2.15. The first-order chi connectivity index (χ1) is 8.27. The summed E-state index contributed by atoms with van der Waals surface area (Å²) in [7, 11) is 0.